The van der Waals surface area contributed by atoms with Crippen molar-refractivity contribution in [3.05, 3.63) is 0 Å². The molecule has 2 rings (SSSR count). The molecule has 0 aromatic rings. The number of aliphatic hydroxyl groups excluding tert-OH is 1. The zero-order chi connectivity index (χ0) is 12.1. The van der Waals surface area contributed by atoms with Crippen molar-refractivity contribution >= 4 is 0 Å². The highest BCUT2D eigenvalue weighted by atomic mass is 16.5. The number of piperidine rings is 1. The van der Waals surface area contributed by atoms with E-state index in [2.05, 4.69) is 11.8 Å². The second-order valence-electron chi connectivity index (χ2n) is 5.73. The number of rotatable bonds is 5. The summed E-state index contributed by atoms with van der Waals surface area (Å²) in [7, 11) is 0. The van der Waals surface area contributed by atoms with Crippen LogP contribution in [0.25, 0.3) is 0 Å². The van der Waals surface area contributed by atoms with E-state index in [0.29, 0.717) is 18.8 Å². The molecule has 1 aliphatic heterocycles. The third-order valence-corrected chi connectivity index (χ3v) is 4.21. The first-order valence-electron chi connectivity index (χ1n) is 7.29. The van der Waals surface area contributed by atoms with Crippen LogP contribution in [0.3, 0.4) is 0 Å². The van der Waals surface area contributed by atoms with Gasteiger partial charge < -0.3 is 9.84 Å². The molecule has 3 heteroatoms. The van der Waals surface area contributed by atoms with Gasteiger partial charge in [-0.1, -0.05) is 19.3 Å². The fraction of sp³-hybridized carbons (Fsp3) is 1.00. The van der Waals surface area contributed by atoms with E-state index in [-0.39, 0.29) is 6.10 Å². The minimum absolute atomic E-state index is 0.309. The van der Waals surface area contributed by atoms with Crippen LogP contribution in [0.2, 0.25) is 0 Å². The highest BCUT2D eigenvalue weighted by Gasteiger charge is 2.22. The summed E-state index contributed by atoms with van der Waals surface area (Å²) in [5.74, 6) is 0. The normalized spacial score (nSPS) is 29.6. The molecule has 2 fully saturated rings. The van der Waals surface area contributed by atoms with Crippen LogP contribution in [0.1, 0.15) is 51.9 Å². The lowest BCUT2D eigenvalue weighted by Gasteiger charge is -2.34. The Bertz CT molecular complexity index is 216. The lowest BCUT2D eigenvalue weighted by Crippen LogP contribution is -2.43. The van der Waals surface area contributed by atoms with Crippen molar-refractivity contribution in [3.63, 3.8) is 0 Å². The maximum absolute atomic E-state index is 10.0. The largest absolute Gasteiger partial charge is 0.389 e. The number of hydrogen-bond donors (Lipinski definition) is 1. The van der Waals surface area contributed by atoms with E-state index in [0.717, 1.165) is 13.1 Å². The molecule has 0 spiro atoms. The maximum Gasteiger partial charge on any atom is 0.0900 e. The average molecular weight is 241 g/mol. The first kappa shape index (κ1) is 13.3. The summed E-state index contributed by atoms with van der Waals surface area (Å²) < 4.78 is 5.76. The highest BCUT2D eigenvalue weighted by Crippen LogP contribution is 2.21. The van der Waals surface area contributed by atoms with Crippen molar-refractivity contribution in [2.75, 3.05) is 19.7 Å². The predicted octanol–water partition coefficient (Wildman–Crippen LogP) is 2.18. The summed E-state index contributed by atoms with van der Waals surface area (Å²) in [5, 5.41) is 10.0. The van der Waals surface area contributed by atoms with E-state index in [1.165, 1.54) is 44.9 Å². The number of β-amino-alcohol motifs (C(OH)–C–C–N with tert-alkyl or cyclic N) is 1. The number of ether oxygens (including phenoxy) is 1. The van der Waals surface area contributed by atoms with Gasteiger partial charge in [-0.2, -0.15) is 0 Å². The van der Waals surface area contributed by atoms with Crippen LogP contribution in [0.4, 0.5) is 0 Å². The molecule has 2 atom stereocenters. The van der Waals surface area contributed by atoms with E-state index in [4.69, 9.17) is 4.74 Å². The molecule has 0 aromatic heterocycles. The summed E-state index contributed by atoms with van der Waals surface area (Å²) >= 11 is 0. The molecule has 0 radical (unpaired) electrons. The van der Waals surface area contributed by atoms with Gasteiger partial charge in [0.25, 0.3) is 0 Å². The number of hydrogen-bond acceptors (Lipinski definition) is 3. The Kier molecular flexibility index (Phi) is 5.26. The average Bonchev–Trinajstić information content (AvgIpc) is 2.82. The lowest BCUT2D eigenvalue weighted by molar-refractivity contribution is -0.0256. The van der Waals surface area contributed by atoms with Crippen molar-refractivity contribution in [1.82, 2.24) is 4.90 Å². The molecule has 17 heavy (non-hydrogen) atoms. The Hall–Kier alpha value is -0.120. The van der Waals surface area contributed by atoms with Gasteiger partial charge in [-0.25, -0.2) is 0 Å². The van der Waals surface area contributed by atoms with Gasteiger partial charge in [0.1, 0.15) is 0 Å². The van der Waals surface area contributed by atoms with Crippen molar-refractivity contribution in [1.29, 1.82) is 0 Å². The topological polar surface area (TPSA) is 32.7 Å². The molecule has 1 N–H and O–H groups in total. The van der Waals surface area contributed by atoms with Crippen molar-refractivity contribution in [3.8, 4) is 0 Å². The van der Waals surface area contributed by atoms with Gasteiger partial charge in [0.05, 0.1) is 18.8 Å². The molecule has 1 heterocycles. The van der Waals surface area contributed by atoms with Crippen molar-refractivity contribution < 1.29 is 9.84 Å². The van der Waals surface area contributed by atoms with Crippen LogP contribution in [0.5, 0.6) is 0 Å². The molecular formula is C14H27NO2. The highest BCUT2D eigenvalue weighted by molar-refractivity contribution is 4.76. The van der Waals surface area contributed by atoms with Gasteiger partial charge in [0.15, 0.2) is 0 Å². The molecule has 1 saturated carbocycles. The van der Waals surface area contributed by atoms with E-state index in [9.17, 15) is 5.11 Å². The summed E-state index contributed by atoms with van der Waals surface area (Å²) in [5.41, 5.74) is 0. The van der Waals surface area contributed by atoms with E-state index in [1.807, 2.05) is 0 Å². The van der Waals surface area contributed by atoms with Crippen LogP contribution in [-0.4, -0.2) is 48.0 Å². The maximum atomic E-state index is 10.0. The van der Waals surface area contributed by atoms with Gasteiger partial charge >= 0.3 is 0 Å². The molecule has 100 valence electrons. The zero-order valence-electron chi connectivity index (χ0n) is 11.1. The Morgan fingerprint density at radius 1 is 1.18 bits per heavy atom. The van der Waals surface area contributed by atoms with E-state index >= 15 is 0 Å². The smallest absolute Gasteiger partial charge is 0.0900 e. The molecule has 1 saturated heterocycles. The Morgan fingerprint density at radius 3 is 2.59 bits per heavy atom. The lowest BCUT2D eigenvalue weighted by atomic mass is 10.0. The van der Waals surface area contributed by atoms with E-state index in [1.54, 1.807) is 0 Å². The minimum Gasteiger partial charge on any atom is -0.389 e. The molecule has 3 nitrogen and oxygen atoms in total. The number of aliphatic hydroxyl groups is 1. The number of likely N-dealkylation sites (tertiary alicyclic amines) is 1. The van der Waals surface area contributed by atoms with Gasteiger partial charge in [0, 0.05) is 12.6 Å². The Balaban J connectivity index is 1.63. The quantitative estimate of drug-likeness (QED) is 0.801. The first-order chi connectivity index (χ1) is 8.25. The molecule has 0 aromatic carbocycles. The summed E-state index contributed by atoms with van der Waals surface area (Å²) in [6, 6.07) is 0.630. The van der Waals surface area contributed by atoms with Crippen LogP contribution in [0, 0.1) is 0 Å². The summed E-state index contributed by atoms with van der Waals surface area (Å²) in [4.78, 5) is 2.41. The third-order valence-electron chi connectivity index (χ3n) is 4.21. The zero-order valence-corrected chi connectivity index (χ0v) is 11.1. The van der Waals surface area contributed by atoms with Crippen molar-refractivity contribution in [2.24, 2.45) is 0 Å². The van der Waals surface area contributed by atoms with Gasteiger partial charge in [-0.15, -0.1) is 0 Å². The monoisotopic (exact) mass is 241 g/mol. The third kappa shape index (κ3) is 4.23. The Labute approximate surface area is 105 Å². The molecule has 0 unspecified atom stereocenters. The van der Waals surface area contributed by atoms with Crippen LogP contribution < -0.4 is 0 Å². The second-order valence-corrected chi connectivity index (χ2v) is 5.73. The van der Waals surface area contributed by atoms with Crippen LogP contribution in [-0.2, 0) is 4.74 Å². The minimum atomic E-state index is -0.309. The predicted molar refractivity (Wildman–Crippen MR) is 69.1 cm³/mol. The molecule has 1 aliphatic carbocycles. The van der Waals surface area contributed by atoms with Gasteiger partial charge in [-0.3, -0.25) is 4.90 Å². The van der Waals surface area contributed by atoms with Gasteiger partial charge in [0.2, 0.25) is 0 Å². The first-order valence-corrected chi connectivity index (χ1v) is 7.29. The fourth-order valence-electron chi connectivity index (χ4n) is 3.05. The SMILES string of the molecule is C[C@H]1CCCCN1C[C@@H](O)COC1CCCC1. The second kappa shape index (κ2) is 6.72. The summed E-state index contributed by atoms with van der Waals surface area (Å²) in [6.45, 7) is 4.72. The summed E-state index contributed by atoms with van der Waals surface area (Å²) in [6.07, 6.45) is 8.97. The standard InChI is InChI=1S/C14H27NO2/c1-12-6-4-5-9-15(12)10-13(16)11-17-14-7-2-3-8-14/h12-14,16H,2-11H2,1H3/t12-,13+/m0/s1. The molecular weight excluding hydrogens is 214 g/mol. The van der Waals surface area contributed by atoms with Gasteiger partial charge in [-0.05, 0) is 39.2 Å². The van der Waals surface area contributed by atoms with Crippen LogP contribution >= 0.6 is 0 Å². The fourth-order valence-corrected chi connectivity index (χ4v) is 3.05. The van der Waals surface area contributed by atoms with E-state index < -0.39 is 0 Å². The molecule has 2 aliphatic rings. The van der Waals surface area contributed by atoms with Crippen molar-refractivity contribution in [2.45, 2.75) is 70.1 Å². The number of nitrogens with zero attached hydrogens (tertiary/aromatic N) is 1. The Morgan fingerprint density at radius 2 is 1.88 bits per heavy atom. The van der Waals surface area contributed by atoms with Crippen LogP contribution in [0.15, 0.2) is 0 Å². The molecule has 0 amide bonds. The molecule has 0 bridgehead atoms.